The smallest absolute Gasteiger partial charge is 0.136 e. The molecular formula is C23H23ClN4. The highest BCUT2D eigenvalue weighted by atomic mass is 35.5. The number of aromatic nitrogens is 2. The van der Waals surface area contributed by atoms with E-state index >= 15 is 0 Å². The molecule has 1 saturated heterocycles. The van der Waals surface area contributed by atoms with Crippen LogP contribution in [0.3, 0.4) is 0 Å². The first-order valence-corrected chi connectivity index (χ1v) is 10.2. The zero-order chi connectivity index (χ0) is 18.9. The Balaban J connectivity index is 1.58. The Labute approximate surface area is 169 Å². The van der Waals surface area contributed by atoms with Gasteiger partial charge in [-0.15, -0.1) is 0 Å². The van der Waals surface area contributed by atoms with Crippen molar-refractivity contribution in [2.45, 2.75) is 25.4 Å². The van der Waals surface area contributed by atoms with E-state index in [4.69, 9.17) is 16.6 Å². The minimum Gasteiger partial charge on any atom is -0.368 e. The molecule has 2 N–H and O–H groups in total. The first-order chi connectivity index (χ1) is 13.8. The van der Waals surface area contributed by atoms with Crippen LogP contribution in [-0.4, -0.2) is 28.7 Å². The Morgan fingerprint density at radius 1 is 1.11 bits per heavy atom. The monoisotopic (exact) mass is 390 g/mol. The molecule has 2 aromatic carbocycles. The molecule has 1 aliphatic heterocycles. The third-order valence-electron chi connectivity index (χ3n) is 5.53. The molecule has 0 amide bonds. The Bertz CT molecular complexity index is 1130. The zero-order valence-corrected chi connectivity index (χ0v) is 16.4. The second kappa shape index (κ2) is 7.46. The number of hydrogen-bond acceptors (Lipinski definition) is 3. The van der Waals surface area contributed by atoms with Gasteiger partial charge in [-0.3, -0.25) is 0 Å². The van der Waals surface area contributed by atoms with Crippen molar-refractivity contribution in [3.63, 3.8) is 0 Å². The van der Waals surface area contributed by atoms with Crippen LogP contribution < -0.4 is 10.6 Å². The molecule has 5 heteroatoms. The van der Waals surface area contributed by atoms with Crippen molar-refractivity contribution >= 4 is 39.2 Å². The summed E-state index contributed by atoms with van der Waals surface area (Å²) in [5, 5.41) is 10.3. The lowest BCUT2D eigenvalue weighted by atomic mass is 10.1. The number of nitrogens with zero attached hydrogens (tertiary/aromatic N) is 2. The topological polar surface area (TPSA) is 41.9 Å². The van der Waals surface area contributed by atoms with Crippen LogP contribution in [0.15, 0.2) is 60.8 Å². The normalized spacial score (nSPS) is 16.8. The molecule has 0 radical (unpaired) electrons. The molecule has 0 unspecified atom stereocenters. The van der Waals surface area contributed by atoms with Crippen molar-refractivity contribution in [1.82, 2.24) is 14.9 Å². The number of pyridine rings is 1. The van der Waals surface area contributed by atoms with Gasteiger partial charge in [0.05, 0.1) is 11.0 Å². The highest BCUT2D eigenvalue weighted by Gasteiger charge is 2.16. The van der Waals surface area contributed by atoms with E-state index in [2.05, 4.69) is 51.7 Å². The molecule has 4 aromatic rings. The highest BCUT2D eigenvalue weighted by molar-refractivity contribution is 6.30. The van der Waals surface area contributed by atoms with E-state index in [1.807, 2.05) is 24.3 Å². The molecule has 0 spiro atoms. The third-order valence-corrected chi connectivity index (χ3v) is 5.77. The number of para-hydroxylation sites is 1. The maximum atomic E-state index is 6.19. The van der Waals surface area contributed by atoms with E-state index < -0.39 is 0 Å². The average Bonchev–Trinajstić information content (AvgIpc) is 3.37. The summed E-state index contributed by atoms with van der Waals surface area (Å²) in [5.74, 6) is 0.965. The van der Waals surface area contributed by atoms with Gasteiger partial charge in [0.2, 0.25) is 0 Å². The number of benzene rings is 2. The van der Waals surface area contributed by atoms with Crippen molar-refractivity contribution < 1.29 is 0 Å². The highest BCUT2D eigenvalue weighted by Crippen LogP contribution is 2.31. The molecule has 1 aliphatic rings. The lowest BCUT2D eigenvalue weighted by molar-refractivity contribution is 0.633. The second-order valence-corrected chi connectivity index (χ2v) is 7.92. The maximum Gasteiger partial charge on any atom is 0.136 e. The summed E-state index contributed by atoms with van der Waals surface area (Å²) in [6.45, 7) is 2.80. The van der Waals surface area contributed by atoms with E-state index in [9.17, 15) is 0 Å². The van der Waals surface area contributed by atoms with Crippen LogP contribution in [0.2, 0.25) is 5.02 Å². The van der Waals surface area contributed by atoms with Gasteiger partial charge in [0.1, 0.15) is 5.82 Å². The number of fused-ring (bicyclic) bond motifs is 3. The van der Waals surface area contributed by atoms with Crippen LogP contribution >= 0.6 is 11.6 Å². The van der Waals surface area contributed by atoms with Gasteiger partial charge < -0.3 is 15.2 Å². The van der Waals surface area contributed by atoms with Crippen LogP contribution in [-0.2, 0) is 6.54 Å². The summed E-state index contributed by atoms with van der Waals surface area (Å²) in [4.78, 5) is 4.93. The fourth-order valence-electron chi connectivity index (χ4n) is 4.16. The Morgan fingerprint density at radius 2 is 2.04 bits per heavy atom. The zero-order valence-electron chi connectivity index (χ0n) is 15.7. The fraction of sp³-hybridized carbons (Fsp3) is 0.261. The largest absolute Gasteiger partial charge is 0.368 e. The molecule has 2 aromatic heterocycles. The molecule has 1 atom stereocenters. The van der Waals surface area contributed by atoms with Crippen molar-refractivity contribution in [2.24, 2.45) is 0 Å². The number of anilines is 1. The molecule has 142 valence electrons. The number of halogens is 1. The van der Waals surface area contributed by atoms with Crippen LogP contribution in [0, 0.1) is 0 Å². The van der Waals surface area contributed by atoms with Crippen molar-refractivity contribution in [3.05, 3.63) is 71.4 Å². The SMILES string of the molecule is Clc1cccc(Cn2ccc3c(NC[C@H]4CCCN4)nc4ccccc4c32)c1. The van der Waals surface area contributed by atoms with Gasteiger partial charge in [0, 0.05) is 41.1 Å². The summed E-state index contributed by atoms with van der Waals surface area (Å²) in [6, 6.07) is 19.1. The summed E-state index contributed by atoms with van der Waals surface area (Å²) in [5.41, 5.74) is 3.42. The quantitative estimate of drug-likeness (QED) is 0.500. The van der Waals surface area contributed by atoms with Crippen molar-refractivity contribution in [1.29, 1.82) is 0 Å². The van der Waals surface area contributed by atoms with Crippen LogP contribution in [0.25, 0.3) is 21.8 Å². The van der Waals surface area contributed by atoms with Crippen LogP contribution in [0.5, 0.6) is 0 Å². The Kier molecular flexibility index (Phi) is 4.67. The van der Waals surface area contributed by atoms with Crippen molar-refractivity contribution in [2.75, 3.05) is 18.4 Å². The summed E-state index contributed by atoms with van der Waals surface area (Å²) in [7, 11) is 0. The van der Waals surface area contributed by atoms with E-state index in [0.717, 1.165) is 36.0 Å². The van der Waals surface area contributed by atoms with Crippen molar-refractivity contribution in [3.8, 4) is 0 Å². The molecule has 0 saturated carbocycles. The first-order valence-electron chi connectivity index (χ1n) is 9.87. The molecule has 4 nitrogen and oxygen atoms in total. The molecular weight excluding hydrogens is 368 g/mol. The third kappa shape index (κ3) is 3.34. The first kappa shape index (κ1) is 17.5. The predicted octanol–water partition coefficient (Wildman–Crippen LogP) is 5.06. The molecule has 1 fully saturated rings. The number of hydrogen-bond donors (Lipinski definition) is 2. The summed E-state index contributed by atoms with van der Waals surface area (Å²) >= 11 is 6.19. The molecule has 28 heavy (non-hydrogen) atoms. The van der Waals surface area contributed by atoms with Gasteiger partial charge in [-0.1, -0.05) is 41.9 Å². The fourth-order valence-corrected chi connectivity index (χ4v) is 4.38. The minimum absolute atomic E-state index is 0.525. The van der Waals surface area contributed by atoms with E-state index in [0.29, 0.717) is 6.04 Å². The van der Waals surface area contributed by atoms with Crippen LogP contribution in [0.1, 0.15) is 18.4 Å². The second-order valence-electron chi connectivity index (χ2n) is 7.49. The van der Waals surface area contributed by atoms with Gasteiger partial charge in [0.15, 0.2) is 0 Å². The lowest BCUT2D eigenvalue weighted by Gasteiger charge is -2.15. The van der Waals surface area contributed by atoms with E-state index in [1.165, 1.54) is 34.7 Å². The standard InChI is InChI=1S/C23H23ClN4/c24-17-6-3-5-16(13-17)15-28-12-10-20-22(28)19-8-1-2-9-21(19)27-23(20)26-14-18-7-4-11-25-18/h1-3,5-6,8-10,12-13,18,25H,4,7,11,14-15H2,(H,26,27)/t18-/m1/s1. The molecule has 0 bridgehead atoms. The van der Waals surface area contributed by atoms with Gasteiger partial charge in [-0.25, -0.2) is 4.98 Å². The Hall–Kier alpha value is -2.56. The lowest BCUT2D eigenvalue weighted by Crippen LogP contribution is -2.29. The van der Waals surface area contributed by atoms with Gasteiger partial charge in [0.25, 0.3) is 0 Å². The molecule has 3 heterocycles. The summed E-state index contributed by atoms with van der Waals surface area (Å²) in [6.07, 6.45) is 4.63. The summed E-state index contributed by atoms with van der Waals surface area (Å²) < 4.78 is 2.30. The number of rotatable bonds is 5. The predicted molar refractivity (Wildman–Crippen MR) is 117 cm³/mol. The van der Waals surface area contributed by atoms with Gasteiger partial charge in [-0.05, 0) is 49.2 Å². The van der Waals surface area contributed by atoms with E-state index in [1.54, 1.807) is 0 Å². The molecule has 5 rings (SSSR count). The molecule has 0 aliphatic carbocycles. The van der Waals surface area contributed by atoms with E-state index in [-0.39, 0.29) is 0 Å². The van der Waals surface area contributed by atoms with Crippen LogP contribution in [0.4, 0.5) is 5.82 Å². The maximum absolute atomic E-state index is 6.19. The Morgan fingerprint density at radius 3 is 2.89 bits per heavy atom. The van der Waals surface area contributed by atoms with Gasteiger partial charge in [-0.2, -0.15) is 0 Å². The number of nitrogens with one attached hydrogen (secondary N) is 2. The average molecular weight is 391 g/mol. The van der Waals surface area contributed by atoms with Gasteiger partial charge >= 0.3 is 0 Å². The minimum atomic E-state index is 0.525.